The number of rotatable bonds is 13. The Morgan fingerprint density at radius 1 is 1.26 bits per heavy atom. The van der Waals surface area contributed by atoms with Crippen molar-refractivity contribution in [3.05, 3.63) is 54.2 Å². The van der Waals surface area contributed by atoms with E-state index in [9.17, 15) is 14.0 Å². The molecule has 10 nitrogen and oxygen atoms in total. The van der Waals surface area contributed by atoms with Crippen molar-refractivity contribution >= 4 is 65.8 Å². The molecule has 1 atom stereocenters. The number of thiol groups is 1. The number of esters is 1. The van der Waals surface area contributed by atoms with Crippen LogP contribution in [0.1, 0.15) is 5.56 Å². The number of aromatic nitrogens is 4. The molecule has 0 saturated heterocycles. The standard InChI is InChI=1S/C24H25BFN5O5S3/c1-34-23(33)19(14-38-13-15-3-2-4-16(9-15)35-8-7-26)31(25)22(32)12-30-11-21(28-29-30)36-17-5-6-18-20(10-17)39-24(37)27-18/h2-6,9-11,19H,7-8,12-14,25H2,1H3,(H,27,37)/t19-/m0/s1. The van der Waals surface area contributed by atoms with Gasteiger partial charge in [-0.2, -0.15) is 11.8 Å². The smallest absolute Gasteiger partial charge is 0.328 e. The molecule has 2 heterocycles. The number of carbonyl (C=O) groups excluding carboxylic acids is 2. The molecule has 4 aromatic rings. The Hall–Kier alpha value is -3.30. The lowest BCUT2D eigenvalue weighted by Gasteiger charge is -2.26. The van der Waals surface area contributed by atoms with E-state index in [1.165, 1.54) is 45.9 Å². The van der Waals surface area contributed by atoms with Gasteiger partial charge in [-0.1, -0.05) is 22.4 Å². The number of ether oxygens (including phenoxy) is 3. The Kier molecular flexibility index (Phi) is 10.1. The molecule has 39 heavy (non-hydrogen) atoms. The molecule has 0 aliphatic rings. The summed E-state index contributed by atoms with van der Waals surface area (Å²) in [6.07, 6.45) is 1.51. The molecule has 0 fully saturated rings. The van der Waals surface area contributed by atoms with Crippen molar-refractivity contribution in [2.24, 2.45) is 0 Å². The molecular formula is C24H25BFN5O5S3. The van der Waals surface area contributed by atoms with Crippen LogP contribution in [-0.2, 0) is 26.6 Å². The number of hydrogen-bond donors (Lipinski definition) is 1. The van der Waals surface area contributed by atoms with Crippen LogP contribution < -0.4 is 9.47 Å². The van der Waals surface area contributed by atoms with E-state index in [4.69, 9.17) is 14.2 Å². The van der Waals surface area contributed by atoms with Gasteiger partial charge in [0.15, 0.2) is 0 Å². The summed E-state index contributed by atoms with van der Waals surface area (Å²) in [5.74, 6) is 1.35. The third-order valence-electron chi connectivity index (χ3n) is 5.51. The fraction of sp³-hybridized carbons (Fsp3) is 0.292. The number of halogens is 1. The van der Waals surface area contributed by atoms with Crippen LogP contribution in [0.15, 0.2) is 53.0 Å². The maximum Gasteiger partial charge on any atom is 0.328 e. The minimum absolute atomic E-state index is 0.00685. The zero-order valence-electron chi connectivity index (χ0n) is 21.2. The summed E-state index contributed by atoms with van der Waals surface area (Å²) in [5.41, 5.74) is 1.77. The minimum atomic E-state index is -0.805. The summed E-state index contributed by atoms with van der Waals surface area (Å²) in [6, 6.07) is 11.9. The Bertz CT molecular complexity index is 1440. The molecular weight excluding hydrogens is 564 g/mol. The summed E-state index contributed by atoms with van der Waals surface area (Å²) in [7, 11) is 2.83. The fourth-order valence-corrected chi connectivity index (χ4v) is 5.80. The van der Waals surface area contributed by atoms with Crippen LogP contribution in [0.3, 0.4) is 0 Å². The first-order chi connectivity index (χ1) is 18.9. The van der Waals surface area contributed by atoms with E-state index in [2.05, 4.69) is 27.9 Å². The lowest BCUT2D eigenvalue weighted by molar-refractivity contribution is -0.148. The van der Waals surface area contributed by atoms with E-state index in [0.29, 0.717) is 27.3 Å². The number of fused-ring (bicyclic) bond motifs is 1. The Morgan fingerprint density at radius 3 is 2.90 bits per heavy atom. The van der Waals surface area contributed by atoms with Gasteiger partial charge in [-0.05, 0) is 29.8 Å². The van der Waals surface area contributed by atoms with Gasteiger partial charge in [0.25, 0.3) is 5.88 Å². The molecule has 2 aromatic heterocycles. The molecule has 0 spiro atoms. The SMILES string of the molecule is BN(C(=O)Cn1cc(Oc2ccc3nc(S)sc3c2)nn1)[C@@H](CSCc1cccc(OCCF)c1)C(=O)OC. The van der Waals surface area contributed by atoms with Gasteiger partial charge in [0.2, 0.25) is 13.9 Å². The van der Waals surface area contributed by atoms with Gasteiger partial charge in [-0.3, -0.25) is 4.79 Å². The maximum absolute atomic E-state index is 13.0. The van der Waals surface area contributed by atoms with Crippen molar-refractivity contribution in [2.45, 2.75) is 22.7 Å². The van der Waals surface area contributed by atoms with E-state index < -0.39 is 18.7 Å². The number of benzene rings is 2. The third kappa shape index (κ3) is 7.86. The molecule has 15 heteroatoms. The number of thioether (sulfide) groups is 1. The topological polar surface area (TPSA) is 109 Å². The highest BCUT2D eigenvalue weighted by Crippen LogP contribution is 2.29. The normalized spacial score (nSPS) is 11.8. The third-order valence-corrected chi connectivity index (χ3v) is 7.79. The predicted molar refractivity (Wildman–Crippen MR) is 152 cm³/mol. The van der Waals surface area contributed by atoms with Gasteiger partial charge in [0.1, 0.15) is 41.7 Å². The molecule has 0 saturated carbocycles. The maximum atomic E-state index is 13.0. The number of amides is 1. The monoisotopic (exact) mass is 589 g/mol. The minimum Gasteiger partial charge on any atom is -0.491 e. The van der Waals surface area contributed by atoms with E-state index in [0.717, 1.165) is 15.8 Å². The van der Waals surface area contributed by atoms with Gasteiger partial charge in [-0.25, -0.2) is 18.9 Å². The highest BCUT2D eigenvalue weighted by atomic mass is 32.2. The van der Waals surface area contributed by atoms with E-state index in [-0.39, 0.29) is 24.9 Å². The first-order valence-electron chi connectivity index (χ1n) is 11.7. The molecule has 0 aliphatic heterocycles. The Morgan fingerprint density at radius 2 is 2.10 bits per heavy atom. The summed E-state index contributed by atoms with van der Waals surface area (Å²) in [4.78, 5) is 31.1. The average molecular weight is 590 g/mol. The number of alkyl halides is 1. The summed E-state index contributed by atoms with van der Waals surface area (Å²) in [5, 5.41) is 7.95. The molecule has 1 amide bonds. The van der Waals surface area contributed by atoms with E-state index in [1.807, 2.05) is 30.3 Å². The molecule has 0 radical (unpaired) electrons. The largest absolute Gasteiger partial charge is 0.491 e. The van der Waals surface area contributed by atoms with Gasteiger partial charge in [0, 0.05) is 17.6 Å². The molecule has 204 valence electrons. The molecule has 0 unspecified atom stereocenters. The van der Waals surface area contributed by atoms with Crippen molar-refractivity contribution in [3.8, 4) is 17.4 Å². The summed E-state index contributed by atoms with van der Waals surface area (Å²) >= 11 is 7.16. The molecule has 2 aromatic carbocycles. The number of methoxy groups -OCH3 is 1. The molecule has 0 aliphatic carbocycles. The van der Waals surface area contributed by atoms with E-state index >= 15 is 0 Å². The number of thiazole rings is 1. The van der Waals surface area contributed by atoms with Crippen molar-refractivity contribution in [1.29, 1.82) is 0 Å². The lowest BCUT2D eigenvalue weighted by atomic mass is 10.1. The predicted octanol–water partition coefficient (Wildman–Crippen LogP) is 3.17. The zero-order chi connectivity index (χ0) is 27.8. The molecule has 0 bridgehead atoms. The van der Waals surface area contributed by atoms with Gasteiger partial charge >= 0.3 is 5.97 Å². The Balaban J connectivity index is 1.33. The van der Waals surface area contributed by atoms with Gasteiger partial charge < -0.3 is 19.0 Å². The Labute approximate surface area is 238 Å². The van der Waals surface area contributed by atoms with Crippen molar-refractivity contribution < 1.29 is 28.2 Å². The first kappa shape index (κ1) is 28.7. The van der Waals surface area contributed by atoms with Crippen LogP contribution in [0.5, 0.6) is 17.4 Å². The fourth-order valence-electron chi connectivity index (χ4n) is 3.55. The van der Waals surface area contributed by atoms with Gasteiger partial charge in [0.05, 0.1) is 23.5 Å². The van der Waals surface area contributed by atoms with E-state index in [1.54, 1.807) is 20.1 Å². The number of carbonyl (C=O) groups is 2. The lowest BCUT2D eigenvalue weighted by Crippen LogP contribution is -2.47. The van der Waals surface area contributed by atoms with Gasteiger partial charge in [-0.15, -0.1) is 24.0 Å². The number of hydrogen-bond acceptors (Lipinski definition) is 11. The second-order valence-corrected chi connectivity index (χ2v) is 11.0. The highest BCUT2D eigenvalue weighted by Gasteiger charge is 2.27. The van der Waals surface area contributed by atoms with Crippen molar-refractivity contribution in [2.75, 3.05) is 26.1 Å². The van der Waals surface area contributed by atoms with Crippen LogP contribution in [0, 0.1) is 0 Å². The van der Waals surface area contributed by atoms with Crippen LogP contribution in [0.4, 0.5) is 4.39 Å². The average Bonchev–Trinajstić information content (AvgIpc) is 3.53. The number of nitrogens with zero attached hydrogens (tertiary/aromatic N) is 5. The zero-order valence-corrected chi connectivity index (χ0v) is 23.7. The van der Waals surface area contributed by atoms with Crippen LogP contribution in [-0.4, -0.2) is 76.8 Å². The summed E-state index contributed by atoms with van der Waals surface area (Å²) in [6.45, 7) is -0.715. The van der Waals surface area contributed by atoms with Crippen LogP contribution in [0.2, 0.25) is 0 Å². The van der Waals surface area contributed by atoms with Crippen molar-refractivity contribution in [1.82, 2.24) is 24.8 Å². The quantitative estimate of drug-likeness (QED) is 0.143. The first-order valence-corrected chi connectivity index (χ1v) is 14.1. The summed E-state index contributed by atoms with van der Waals surface area (Å²) < 4.78 is 31.3. The molecule has 4 rings (SSSR count). The van der Waals surface area contributed by atoms with Crippen LogP contribution >= 0.6 is 35.7 Å². The molecule has 0 N–H and O–H groups in total. The second kappa shape index (κ2) is 13.7. The second-order valence-electron chi connectivity index (χ2n) is 8.23. The van der Waals surface area contributed by atoms with Crippen molar-refractivity contribution in [3.63, 3.8) is 0 Å². The highest BCUT2D eigenvalue weighted by molar-refractivity contribution is 7.98. The van der Waals surface area contributed by atoms with Crippen LogP contribution in [0.25, 0.3) is 10.2 Å².